The summed E-state index contributed by atoms with van der Waals surface area (Å²) in [6.45, 7) is 0.234. The molecule has 1 aromatic heterocycles. The first-order valence-electron chi connectivity index (χ1n) is 6.05. The van der Waals surface area contributed by atoms with E-state index in [0.717, 1.165) is 0 Å². The lowest BCUT2D eigenvalue weighted by Crippen LogP contribution is -2.26. The second kappa shape index (κ2) is 7.44. The van der Waals surface area contributed by atoms with Gasteiger partial charge in [-0.15, -0.1) is 0 Å². The van der Waals surface area contributed by atoms with E-state index in [9.17, 15) is 14.4 Å². The highest BCUT2D eigenvalue weighted by Crippen LogP contribution is 2.22. The molecule has 0 aliphatic rings. The fourth-order valence-electron chi connectivity index (χ4n) is 2.02. The van der Waals surface area contributed by atoms with Gasteiger partial charge in [0.25, 0.3) is 0 Å². The van der Waals surface area contributed by atoms with E-state index in [-0.39, 0.29) is 19.4 Å². The smallest absolute Gasteiger partial charge is 0.328 e. The maximum Gasteiger partial charge on any atom is 0.328 e. The SMILES string of the molecule is COCc1ccc(C=O)n1[C@H](CCC(N)=O)C(=O)OC. The van der Waals surface area contributed by atoms with E-state index in [1.54, 1.807) is 12.1 Å². The first kappa shape index (κ1) is 15.9. The molecule has 1 rings (SSSR count). The molecule has 7 nitrogen and oxygen atoms in total. The van der Waals surface area contributed by atoms with Crippen LogP contribution >= 0.6 is 0 Å². The van der Waals surface area contributed by atoms with Crippen molar-refractivity contribution in [1.82, 2.24) is 4.57 Å². The molecule has 0 aromatic carbocycles. The summed E-state index contributed by atoms with van der Waals surface area (Å²) < 4.78 is 11.3. The van der Waals surface area contributed by atoms with E-state index in [2.05, 4.69) is 0 Å². The Hall–Kier alpha value is -2.15. The minimum absolute atomic E-state index is 0.0165. The fraction of sp³-hybridized carbons (Fsp3) is 0.462. The summed E-state index contributed by atoms with van der Waals surface area (Å²) >= 11 is 0. The van der Waals surface area contributed by atoms with Gasteiger partial charge in [0.1, 0.15) is 6.04 Å². The molecule has 0 bridgehead atoms. The maximum atomic E-state index is 11.9. The van der Waals surface area contributed by atoms with Gasteiger partial charge < -0.3 is 19.8 Å². The summed E-state index contributed by atoms with van der Waals surface area (Å²) in [5, 5.41) is 0. The third kappa shape index (κ3) is 3.67. The van der Waals surface area contributed by atoms with Crippen molar-refractivity contribution in [2.45, 2.75) is 25.5 Å². The number of rotatable bonds is 8. The predicted octanol–water partition coefficient (Wildman–Crippen LogP) is 0.427. The molecule has 2 N–H and O–H groups in total. The number of amides is 1. The summed E-state index contributed by atoms with van der Waals surface area (Å²) in [5.41, 5.74) is 6.07. The Morgan fingerprint density at radius 2 is 2.10 bits per heavy atom. The molecule has 0 fully saturated rings. The van der Waals surface area contributed by atoms with Crippen LogP contribution in [0.2, 0.25) is 0 Å². The largest absolute Gasteiger partial charge is 0.467 e. The number of carbonyl (C=O) groups is 3. The molecule has 0 saturated carbocycles. The van der Waals surface area contributed by atoms with Gasteiger partial charge in [-0.2, -0.15) is 0 Å². The Balaban J connectivity index is 3.16. The molecule has 0 radical (unpaired) electrons. The van der Waals surface area contributed by atoms with Crippen LogP contribution in [0, 0.1) is 0 Å². The molecule has 20 heavy (non-hydrogen) atoms. The molecule has 7 heteroatoms. The van der Waals surface area contributed by atoms with Crippen molar-refractivity contribution in [1.29, 1.82) is 0 Å². The number of ether oxygens (including phenoxy) is 2. The summed E-state index contributed by atoms with van der Waals surface area (Å²) in [6, 6.07) is 2.49. The van der Waals surface area contributed by atoms with Gasteiger partial charge in [-0.05, 0) is 18.6 Å². The predicted molar refractivity (Wildman–Crippen MR) is 70.0 cm³/mol. The van der Waals surface area contributed by atoms with Crippen molar-refractivity contribution in [3.63, 3.8) is 0 Å². The third-order valence-electron chi connectivity index (χ3n) is 2.90. The summed E-state index contributed by atoms with van der Waals surface area (Å²) in [5.74, 6) is -1.06. The molecule has 0 aliphatic carbocycles. The quantitative estimate of drug-likeness (QED) is 0.550. The highest BCUT2D eigenvalue weighted by molar-refractivity contribution is 5.80. The average molecular weight is 282 g/mol. The van der Waals surface area contributed by atoms with E-state index in [1.165, 1.54) is 18.8 Å². The first-order valence-corrected chi connectivity index (χ1v) is 6.05. The Bertz CT molecular complexity index is 495. The summed E-state index contributed by atoms with van der Waals surface area (Å²) in [6.07, 6.45) is 0.816. The van der Waals surface area contributed by atoms with Crippen LogP contribution in [0.15, 0.2) is 12.1 Å². The standard InChI is InChI=1S/C13H18N2O5/c1-19-8-10-4-3-9(7-16)15(10)11(13(18)20-2)5-6-12(14)17/h3-4,7,11H,5-6,8H2,1-2H3,(H2,14,17)/t11-/m1/s1. The second-order valence-electron chi connectivity index (χ2n) is 4.21. The zero-order valence-electron chi connectivity index (χ0n) is 11.5. The van der Waals surface area contributed by atoms with Gasteiger partial charge in [0, 0.05) is 19.2 Å². The fourth-order valence-corrected chi connectivity index (χ4v) is 2.02. The number of carbonyl (C=O) groups excluding carboxylic acids is 3. The molecule has 1 heterocycles. The monoisotopic (exact) mass is 282 g/mol. The minimum Gasteiger partial charge on any atom is -0.467 e. The lowest BCUT2D eigenvalue weighted by Gasteiger charge is -2.20. The minimum atomic E-state index is -0.784. The normalized spacial score (nSPS) is 11.9. The highest BCUT2D eigenvalue weighted by atomic mass is 16.5. The summed E-state index contributed by atoms with van der Waals surface area (Å²) in [7, 11) is 2.76. The van der Waals surface area contributed by atoms with E-state index >= 15 is 0 Å². The number of aldehydes is 1. The van der Waals surface area contributed by atoms with Gasteiger partial charge in [-0.25, -0.2) is 4.79 Å². The Morgan fingerprint density at radius 3 is 2.60 bits per heavy atom. The Labute approximate surface area is 116 Å². The number of esters is 1. The number of hydrogen-bond acceptors (Lipinski definition) is 5. The lowest BCUT2D eigenvalue weighted by molar-refractivity contribution is -0.145. The van der Waals surface area contributed by atoms with E-state index in [1.807, 2.05) is 0 Å². The average Bonchev–Trinajstić information content (AvgIpc) is 2.82. The topological polar surface area (TPSA) is 101 Å². The van der Waals surface area contributed by atoms with Gasteiger partial charge in [0.2, 0.25) is 5.91 Å². The number of hydrogen-bond donors (Lipinski definition) is 1. The van der Waals surface area contributed by atoms with Crippen LogP contribution in [-0.4, -0.2) is 36.9 Å². The second-order valence-corrected chi connectivity index (χ2v) is 4.21. The molecule has 1 amide bonds. The molecule has 0 saturated heterocycles. The van der Waals surface area contributed by atoms with Crippen LogP contribution in [0.4, 0.5) is 0 Å². The van der Waals surface area contributed by atoms with Crippen LogP contribution in [-0.2, 0) is 25.7 Å². The Morgan fingerprint density at radius 1 is 1.40 bits per heavy atom. The van der Waals surface area contributed by atoms with Crippen molar-refractivity contribution < 1.29 is 23.9 Å². The Kier molecular flexibility index (Phi) is 5.92. The lowest BCUT2D eigenvalue weighted by atomic mass is 10.1. The third-order valence-corrected chi connectivity index (χ3v) is 2.90. The molecule has 0 spiro atoms. The van der Waals surface area contributed by atoms with Gasteiger partial charge in [0.05, 0.1) is 19.4 Å². The van der Waals surface area contributed by atoms with Crippen molar-refractivity contribution in [3.8, 4) is 0 Å². The highest BCUT2D eigenvalue weighted by Gasteiger charge is 2.25. The van der Waals surface area contributed by atoms with Crippen LogP contribution < -0.4 is 5.73 Å². The van der Waals surface area contributed by atoms with Crippen LogP contribution in [0.5, 0.6) is 0 Å². The molecular formula is C13H18N2O5. The molecule has 1 atom stereocenters. The van der Waals surface area contributed by atoms with Crippen molar-refractivity contribution in [2.75, 3.05) is 14.2 Å². The van der Waals surface area contributed by atoms with E-state index in [4.69, 9.17) is 15.2 Å². The first-order chi connectivity index (χ1) is 9.54. The zero-order chi connectivity index (χ0) is 15.1. The molecule has 1 aromatic rings. The number of nitrogens with zero attached hydrogens (tertiary/aromatic N) is 1. The van der Waals surface area contributed by atoms with Crippen LogP contribution in [0.1, 0.15) is 35.1 Å². The number of primary amides is 1. The van der Waals surface area contributed by atoms with E-state index < -0.39 is 17.9 Å². The van der Waals surface area contributed by atoms with Gasteiger partial charge >= 0.3 is 5.97 Å². The van der Waals surface area contributed by atoms with Crippen molar-refractivity contribution >= 4 is 18.2 Å². The number of nitrogens with two attached hydrogens (primary N) is 1. The number of methoxy groups -OCH3 is 2. The van der Waals surface area contributed by atoms with Gasteiger partial charge in [0.15, 0.2) is 6.29 Å². The maximum absolute atomic E-state index is 11.9. The van der Waals surface area contributed by atoms with Crippen molar-refractivity contribution in [2.24, 2.45) is 5.73 Å². The molecular weight excluding hydrogens is 264 g/mol. The molecule has 0 unspecified atom stereocenters. The zero-order valence-corrected chi connectivity index (χ0v) is 11.5. The van der Waals surface area contributed by atoms with E-state index in [0.29, 0.717) is 17.7 Å². The summed E-state index contributed by atoms with van der Waals surface area (Å²) in [4.78, 5) is 33.9. The van der Waals surface area contributed by atoms with Gasteiger partial charge in [-0.1, -0.05) is 0 Å². The van der Waals surface area contributed by atoms with Crippen LogP contribution in [0.3, 0.4) is 0 Å². The number of aromatic nitrogens is 1. The molecule has 110 valence electrons. The van der Waals surface area contributed by atoms with Crippen molar-refractivity contribution in [3.05, 3.63) is 23.5 Å². The molecule has 0 aliphatic heterocycles. The van der Waals surface area contributed by atoms with Gasteiger partial charge in [-0.3, -0.25) is 9.59 Å². The van der Waals surface area contributed by atoms with Crippen LogP contribution in [0.25, 0.3) is 0 Å².